The fraction of sp³-hybridized carbons (Fsp3) is 0. The summed E-state index contributed by atoms with van der Waals surface area (Å²) in [7, 11) is 0. The summed E-state index contributed by atoms with van der Waals surface area (Å²) < 4.78 is 14.0. The van der Waals surface area contributed by atoms with Gasteiger partial charge in [0.25, 0.3) is 5.91 Å². The van der Waals surface area contributed by atoms with Crippen LogP contribution in [0.3, 0.4) is 0 Å². The van der Waals surface area contributed by atoms with Gasteiger partial charge in [-0.2, -0.15) is 0 Å². The molecule has 2 rings (SSSR count). The lowest BCUT2D eigenvalue weighted by molar-refractivity contribution is 0.102. The minimum absolute atomic E-state index is 0.244. The average Bonchev–Trinajstić information content (AvgIpc) is 2.29. The molecule has 2 aromatic rings. The molecule has 0 heterocycles. The van der Waals surface area contributed by atoms with Crippen LogP contribution in [0.5, 0.6) is 0 Å². The first-order valence-electron chi connectivity index (χ1n) is 4.97. The monoisotopic (exact) mass is 341 g/mol. The van der Waals surface area contributed by atoms with Crippen molar-refractivity contribution in [3.63, 3.8) is 0 Å². The molecule has 86 valence electrons. The third-order valence-electron chi connectivity index (χ3n) is 2.19. The lowest BCUT2D eigenvalue weighted by Gasteiger charge is -2.05. The second-order valence-corrected chi connectivity index (χ2v) is 4.72. The Balaban J connectivity index is 2.14. The van der Waals surface area contributed by atoms with E-state index in [1.54, 1.807) is 24.3 Å². The van der Waals surface area contributed by atoms with E-state index in [-0.39, 0.29) is 11.7 Å². The predicted molar refractivity (Wildman–Crippen MR) is 73.5 cm³/mol. The summed E-state index contributed by atoms with van der Waals surface area (Å²) >= 11 is 2.17. The van der Waals surface area contributed by atoms with Crippen LogP contribution in [0.25, 0.3) is 0 Å². The number of amides is 1. The molecule has 17 heavy (non-hydrogen) atoms. The summed E-state index contributed by atoms with van der Waals surface area (Å²) in [6.45, 7) is 0. The highest BCUT2D eigenvalue weighted by Gasteiger charge is 2.05. The molecule has 0 saturated heterocycles. The molecule has 0 spiro atoms. The Labute approximate surface area is 112 Å². The molecule has 2 aromatic carbocycles. The van der Waals surface area contributed by atoms with Crippen molar-refractivity contribution in [2.45, 2.75) is 0 Å². The van der Waals surface area contributed by atoms with Gasteiger partial charge < -0.3 is 5.32 Å². The fourth-order valence-electron chi connectivity index (χ4n) is 1.37. The zero-order chi connectivity index (χ0) is 12.3. The number of carbonyl (C=O) groups is 1. The van der Waals surface area contributed by atoms with Crippen molar-refractivity contribution in [2.24, 2.45) is 0 Å². The van der Waals surface area contributed by atoms with Crippen LogP contribution >= 0.6 is 22.6 Å². The van der Waals surface area contributed by atoms with Crippen LogP contribution in [0, 0.1) is 9.39 Å². The lowest BCUT2D eigenvalue weighted by Crippen LogP contribution is -2.11. The first-order chi connectivity index (χ1) is 8.15. The van der Waals surface area contributed by atoms with Gasteiger partial charge >= 0.3 is 0 Å². The summed E-state index contributed by atoms with van der Waals surface area (Å²) in [5.74, 6) is -0.614. The van der Waals surface area contributed by atoms with Crippen molar-refractivity contribution in [3.8, 4) is 0 Å². The molecule has 0 aliphatic rings. The molecule has 0 atom stereocenters. The number of hydrogen-bond acceptors (Lipinski definition) is 1. The largest absolute Gasteiger partial charge is 0.322 e. The van der Waals surface area contributed by atoms with Crippen LogP contribution in [0.15, 0.2) is 48.5 Å². The zero-order valence-corrected chi connectivity index (χ0v) is 10.9. The first-order valence-corrected chi connectivity index (χ1v) is 6.05. The van der Waals surface area contributed by atoms with Gasteiger partial charge in [0.05, 0.1) is 0 Å². The number of halogens is 2. The number of hydrogen-bond donors (Lipinski definition) is 1. The number of nitrogens with one attached hydrogen (secondary N) is 1. The summed E-state index contributed by atoms with van der Waals surface area (Å²) in [6.07, 6.45) is 0. The molecule has 0 aliphatic carbocycles. The Bertz CT molecular complexity index is 539. The standard InChI is InChI=1S/C13H9FINO/c14-10-2-1-3-12(8-10)16-13(17)9-4-6-11(15)7-5-9/h1-8H,(H,16,17). The second-order valence-electron chi connectivity index (χ2n) is 3.47. The molecule has 0 aliphatic heterocycles. The van der Waals surface area contributed by atoms with E-state index in [0.29, 0.717) is 11.3 Å². The van der Waals surface area contributed by atoms with E-state index in [9.17, 15) is 9.18 Å². The molecular weight excluding hydrogens is 332 g/mol. The summed E-state index contributed by atoms with van der Waals surface area (Å²) in [5.41, 5.74) is 1.00. The predicted octanol–water partition coefficient (Wildman–Crippen LogP) is 3.68. The topological polar surface area (TPSA) is 29.1 Å². The van der Waals surface area contributed by atoms with Gasteiger partial charge in [-0.25, -0.2) is 4.39 Å². The van der Waals surface area contributed by atoms with Crippen molar-refractivity contribution >= 4 is 34.2 Å². The minimum atomic E-state index is -0.370. The van der Waals surface area contributed by atoms with Crippen LogP contribution in [0.1, 0.15) is 10.4 Å². The van der Waals surface area contributed by atoms with E-state index in [1.807, 2.05) is 12.1 Å². The van der Waals surface area contributed by atoms with Gasteiger partial charge in [-0.1, -0.05) is 6.07 Å². The molecule has 1 amide bonds. The smallest absolute Gasteiger partial charge is 0.255 e. The fourth-order valence-corrected chi connectivity index (χ4v) is 1.73. The quantitative estimate of drug-likeness (QED) is 0.830. The normalized spacial score (nSPS) is 10.0. The second kappa shape index (κ2) is 5.27. The highest BCUT2D eigenvalue weighted by molar-refractivity contribution is 14.1. The van der Waals surface area contributed by atoms with Gasteiger partial charge in [-0.15, -0.1) is 0 Å². The van der Waals surface area contributed by atoms with Gasteiger partial charge in [-0.3, -0.25) is 4.79 Å². The Morgan fingerprint density at radius 1 is 1.12 bits per heavy atom. The molecule has 0 aromatic heterocycles. The maximum atomic E-state index is 12.9. The summed E-state index contributed by atoms with van der Waals surface area (Å²) in [6, 6.07) is 13.0. The third kappa shape index (κ3) is 3.26. The molecule has 0 bridgehead atoms. The average molecular weight is 341 g/mol. The van der Waals surface area contributed by atoms with Crippen molar-refractivity contribution < 1.29 is 9.18 Å². The van der Waals surface area contributed by atoms with E-state index < -0.39 is 0 Å². The van der Waals surface area contributed by atoms with Gasteiger partial charge in [0, 0.05) is 14.8 Å². The molecule has 4 heteroatoms. The van der Waals surface area contributed by atoms with E-state index >= 15 is 0 Å². The van der Waals surface area contributed by atoms with Crippen LogP contribution in [0.4, 0.5) is 10.1 Å². The van der Waals surface area contributed by atoms with Crippen LogP contribution in [0.2, 0.25) is 0 Å². The minimum Gasteiger partial charge on any atom is -0.322 e. The van der Waals surface area contributed by atoms with Crippen molar-refractivity contribution in [1.82, 2.24) is 0 Å². The van der Waals surface area contributed by atoms with Crippen LogP contribution in [-0.4, -0.2) is 5.91 Å². The zero-order valence-electron chi connectivity index (χ0n) is 8.78. The third-order valence-corrected chi connectivity index (χ3v) is 2.91. The molecule has 0 fully saturated rings. The summed E-state index contributed by atoms with van der Waals surface area (Å²) in [5, 5.41) is 2.64. The van der Waals surface area contributed by atoms with E-state index in [1.165, 1.54) is 12.1 Å². The number of carbonyl (C=O) groups excluding carboxylic acids is 1. The Morgan fingerprint density at radius 3 is 2.47 bits per heavy atom. The maximum Gasteiger partial charge on any atom is 0.255 e. The van der Waals surface area contributed by atoms with Crippen molar-refractivity contribution in [1.29, 1.82) is 0 Å². The molecule has 1 N–H and O–H groups in total. The van der Waals surface area contributed by atoms with Gasteiger partial charge in [0.15, 0.2) is 0 Å². The Kier molecular flexibility index (Phi) is 3.73. The molecule has 0 radical (unpaired) electrons. The highest BCUT2D eigenvalue weighted by atomic mass is 127. The van der Waals surface area contributed by atoms with E-state index in [2.05, 4.69) is 27.9 Å². The van der Waals surface area contributed by atoms with E-state index in [0.717, 1.165) is 3.57 Å². The van der Waals surface area contributed by atoms with E-state index in [4.69, 9.17) is 0 Å². The van der Waals surface area contributed by atoms with Gasteiger partial charge in [0.1, 0.15) is 5.82 Å². The van der Waals surface area contributed by atoms with Crippen molar-refractivity contribution in [2.75, 3.05) is 5.32 Å². The molecule has 2 nitrogen and oxygen atoms in total. The number of benzene rings is 2. The molecule has 0 unspecified atom stereocenters. The van der Waals surface area contributed by atoms with Crippen molar-refractivity contribution in [3.05, 3.63) is 63.5 Å². The summed E-state index contributed by atoms with van der Waals surface area (Å²) in [4.78, 5) is 11.8. The maximum absolute atomic E-state index is 12.9. The lowest BCUT2D eigenvalue weighted by atomic mass is 10.2. The van der Waals surface area contributed by atoms with Gasteiger partial charge in [-0.05, 0) is 65.1 Å². The first kappa shape index (κ1) is 12.0. The molecular formula is C13H9FINO. The molecule has 0 saturated carbocycles. The Morgan fingerprint density at radius 2 is 1.82 bits per heavy atom. The SMILES string of the molecule is O=C(Nc1cccc(F)c1)c1ccc(I)cc1. The highest BCUT2D eigenvalue weighted by Crippen LogP contribution is 2.12. The number of anilines is 1. The Hall–Kier alpha value is -1.43. The van der Waals surface area contributed by atoms with Crippen LogP contribution in [-0.2, 0) is 0 Å². The van der Waals surface area contributed by atoms with Gasteiger partial charge in [0.2, 0.25) is 0 Å². The van der Waals surface area contributed by atoms with Crippen LogP contribution < -0.4 is 5.32 Å². The number of rotatable bonds is 2.